The first-order valence-corrected chi connectivity index (χ1v) is 4.10. The minimum atomic E-state index is -5.83. The third kappa shape index (κ3) is 4.47. The van der Waals surface area contributed by atoms with Crippen molar-refractivity contribution in [3.63, 3.8) is 0 Å². The van der Waals surface area contributed by atoms with Gasteiger partial charge in [0.25, 0.3) is 0 Å². The summed E-state index contributed by atoms with van der Waals surface area (Å²) < 4.78 is 96.3. The maximum Gasteiger partial charge on any atom is 1.00 e. The average molecular weight is 306 g/mol. The molecule has 0 N–H and O–H groups in total. The summed E-state index contributed by atoms with van der Waals surface area (Å²) in [5.41, 5.74) is -1.33. The molecule has 0 bridgehead atoms. The Bertz CT molecular complexity index is 397. The number of halogens is 8. The van der Waals surface area contributed by atoms with Gasteiger partial charge in [-0.2, -0.15) is 27.1 Å². The fourth-order valence-corrected chi connectivity index (χ4v) is 0.928. The molecule has 0 aliphatic heterocycles. The summed E-state index contributed by atoms with van der Waals surface area (Å²) in [6.45, 7) is -7.46. The first kappa shape index (κ1) is 18.4. The van der Waals surface area contributed by atoms with Crippen molar-refractivity contribution in [1.82, 2.24) is 9.78 Å². The van der Waals surface area contributed by atoms with Crippen molar-refractivity contribution in [2.75, 3.05) is 0 Å². The van der Waals surface area contributed by atoms with Gasteiger partial charge in [-0.25, -0.2) is 0 Å². The van der Waals surface area contributed by atoms with Crippen LogP contribution in [0.4, 0.5) is 34.9 Å². The van der Waals surface area contributed by atoms with Gasteiger partial charge in [-0.05, 0) is 6.20 Å². The van der Waals surface area contributed by atoms with Crippen molar-refractivity contribution in [3.8, 4) is 0 Å². The molecule has 1 aromatic rings. The van der Waals surface area contributed by atoms with Crippen LogP contribution in [0.1, 0.15) is 0 Å². The van der Waals surface area contributed by atoms with Crippen LogP contribution in [0, 0.1) is 0 Å². The maximum atomic E-state index is 12.5. The summed E-state index contributed by atoms with van der Waals surface area (Å²) in [5, 5.41) is 2.81. The molecular formula is C6H4BF8KN2. The van der Waals surface area contributed by atoms with Gasteiger partial charge in [0.15, 0.2) is 0 Å². The Hall–Kier alpha value is 0.351. The van der Waals surface area contributed by atoms with Crippen LogP contribution < -0.4 is 56.8 Å². The molecule has 1 heterocycles. The van der Waals surface area contributed by atoms with Crippen LogP contribution in [0.25, 0.3) is 0 Å². The van der Waals surface area contributed by atoms with Gasteiger partial charge in [0, 0.05) is 6.20 Å². The fraction of sp³-hybridized carbons (Fsp3) is 0.500. The molecule has 0 aliphatic rings. The van der Waals surface area contributed by atoms with E-state index in [0.717, 1.165) is 0 Å². The van der Waals surface area contributed by atoms with E-state index < -0.39 is 31.1 Å². The normalized spacial score (nSPS) is 13.3. The van der Waals surface area contributed by atoms with Crippen LogP contribution in [-0.2, 0) is 6.54 Å². The molecule has 0 aliphatic carbocycles. The molecule has 0 radical (unpaired) electrons. The van der Waals surface area contributed by atoms with E-state index >= 15 is 0 Å². The Morgan fingerprint density at radius 2 is 1.61 bits per heavy atom. The van der Waals surface area contributed by atoms with E-state index in [1.54, 1.807) is 0 Å². The Kier molecular flexibility index (Phi) is 5.88. The molecule has 0 amide bonds. The molecule has 0 unspecified atom stereocenters. The van der Waals surface area contributed by atoms with Gasteiger partial charge in [0.1, 0.15) is 6.54 Å². The zero-order valence-electron chi connectivity index (χ0n) is 8.86. The summed E-state index contributed by atoms with van der Waals surface area (Å²) in [5.74, 6) is -5.13. The number of alkyl halides is 5. The smallest absolute Gasteiger partial charge is 0.445 e. The van der Waals surface area contributed by atoms with Gasteiger partial charge in [-0.3, -0.25) is 4.68 Å². The Balaban J connectivity index is 0.00000289. The zero-order valence-corrected chi connectivity index (χ0v) is 12.0. The molecular weight excluding hydrogens is 302 g/mol. The molecule has 98 valence electrons. The second-order valence-electron chi connectivity index (χ2n) is 3.25. The SMILES string of the molecule is F[B-](F)(F)c1cnn(CC(F)(F)C(F)(F)F)c1.[K+]. The predicted molar refractivity (Wildman–Crippen MR) is 41.9 cm³/mol. The largest absolute Gasteiger partial charge is 1.00 e. The monoisotopic (exact) mass is 306 g/mol. The maximum absolute atomic E-state index is 12.5. The van der Waals surface area contributed by atoms with Crippen molar-refractivity contribution < 1.29 is 86.3 Å². The fourth-order valence-electron chi connectivity index (χ4n) is 0.928. The van der Waals surface area contributed by atoms with Crippen molar-refractivity contribution in [3.05, 3.63) is 12.4 Å². The van der Waals surface area contributed by atoms with E-state index in [4.69, 9.17) is 0 Å². The van der Waals surface area contributed by atoms with Crippen molar-refractivity contribution in [2.24, 2.45) is 0 Å². The molecule has 1 rings (SSSR count). The minimum absolute atomic E-state index is 0. The second-order valence-corrected chi connectivity index (χ2v) is 3.25. The number of hydrogen-bond acceptors (Lipinski definition) is 1. The molecule has 18 heavy (non-hydrogen) atoms. The molecule has 0 atom stereocenters. The first-order valence-electron chi connectivity index (χ1n) is 4.10. The van der Waals surface area contributed by atoms with E-state index in [-0.39, 0.29) is 68.5 Å². The Morgan fingerprint density at radius 1 is 1.11 bits per heavy atom. The van der Waals surface area contributed by atoms with Gasteiger partial charge < -0.3 is 12.9 Å². The molecule has 0 saturated carbocycles. The van der Waals surface area contributed by atoms with Gasteiger partial charge in [-0.1, -0.05) is 5.46 Å². The molecule has 0 spiro atoms. The third-order valence-corrected chi connectivity index (χ3v) is 1.81. The van der Waals surface area contributed by atoms with E-state index in [1.165, 1.54) is 0 Å². The van der Waals surface area contributed by atoms with Gasteiger partial charge >= 0.3 is 70.5 Å². The topological polar surface area (TPSA) is 17.8 Å². The zero-order chi connectivity index (χ0) is 13.5. The van der Waals surface area contributed by atoms with Gasteiger partial charge in [0.2, 0.25) is 0 Å². The number of aromatic nitrogens is 2. The molecule has 1 aromatic heterocycles. The van der Waals surface area contributed by atoms with E-state index in [2.05, 4.69) is 5.10 Å². The first-order chi connectivity index (χ1) is 7.43. The number of hydrogen-bond donors (Lipinski definition) is 0. The summed E-state index contributed by atoms with van der Waals surface area (Å²) in [7, 11) is 0. The van der Waals surface area contributed by atoms with Crippen LogP contribution in [-0.4, -0.2) is 28.9 Å². The average Bonchev–Trinajstić information content (AvgIpc) is 2.48. The molecule has 0 saturated heterocycles. The molecule has 12 heteroatoms. The van der Waals surface area contributed by atoms with Crippen molar-refractivity contribution >= 4 is 12.4 Å². The quantitative estimate of drug-likeness (QED) is 0.525. The predicted octanol–water partition coefficient (Wildman–Crippen LogP) is -0.861. The second kappa shape index (κ2) is 5.77. The number of nitrogens with zero attached hydrogens (tertiary/aromatic N) is 2. The minimum Gasteiger partial charge on any atom is -0.445 e. The van der Waals surface area contributed by atoms with Crippen LogP contribution in [0.5, 0.6) is 0 Å². The summed E-state index contributed by atoms with van der Waals surface area (Å²) in [6.07, 6.45) is -5.52. The van der Waals surface area contributed by atoms with Crippen LogP contribution >= 0.6 is 0 Å². The van der Waals surface area contributed by atoms with Gasteiger partial charge in [-0.15, -0.1) is 0 Å². The summed E-state index contributed by atoms with van der Waals surface area (Å²) in [6, 6.07) is 0. The van der Waals surface area contributed by atoms with Crippen molar-refractivity contribution in [1.29, 1.82) is 0 Å². The summed E-state index contributed by atoms with van der Waals surface area (Å²) >= 11 is 0. The Morgan fingerprint density at radius 3 is 1.94 bits per heavy atom. The van der Waals surface area contributed by atoms with Crippen LogP contribution in [0.3, 0.4) is 0 Å². The molecule has 0 aromatic carbocycles. The van der Waals surface area contributed by atoms with Crippen LogP contribution in [0.15, 0.2) is 12.4 Å². The van der Waals surface area contributed by atoms with E-state index in [0.29, 0.717) is 0 Å². The number of rotatable bonds is 3. The van der Waals surface area contributed by atoms with Crippen molar-refractivity contribution in [2.45, 2.75) is 18.6 Å². The standard InChI is InChI=1S/C6H4BF8N2.K/c8-5(9,6(10,11)12)3-17-2-4(1-16-17)7(13,14)15;/h1-2H,3H2;/q-1;+1. The molecule has 0 fully saturated rings. The van der Waals surface area contributed by atoms with E-state index in [9.17, 15) is 34.9 Å². The van der Waals surface area contributed by atoms with Gasteiger partial charge in [0.05, 0.1) is 0 Å². The Labute approximate surface area is 138 Å². The van der Waals surface area contributed by atoms with Crippen LogP contribution in [0.2, 0.25) is 0 Å². The third-order valence-electron chi connectivity index (χ3n) is 1.81. The molecule has 2 nitrogen and oxygen atoms in total. The van der Waals surface area contributed by atoms with E-state index in [1.807, 2.05) is 0 Å². The summed E-state index contributed by atoms with van der Waals surface area (Å²) in [4.78, 5) is 0.